The molecule has 2 atom stereocenters. The molecule has 0 amide bonds. The van der Waals surface area contributed by atoms with Crippen molar-refractivity contribution in [1.29, 1.82) is 0 Å². The number of ether oxygens (including phenoxy) is 1. The highest BCUT2D eigenvalue weighted by Gasteiger charge is 2.22. The molecule has 1 rings (SSSR count). The van der Waals surface area contributed by atoms with Gasteiger partial charge in [0.05, 0.1) is 0 Å². The maximum Gasteiger partial charge on any atom is 0.328 e. The van der Waals surface area contributed by atoms with Crippen LogP contribution in [0.25, 0.3) is 0 Å². The van der Waals surface area contributed by atoms with E-state index < -0.39 is 18.2 Å². The van der Waals surface area contributed by atoms with Gasteiger partial charge in [0.25, 0.3) is 0 Å². The average molecular weight is 331 g/mol. The van der Waals surface area contributed by atoms with Crippen molar-refractivity contribution < 1.29 is 24.9 Å². The number of aromatic hydroxyl groups is 1. The molecule has 0 saturated carbocycles. The number of phenolic OH excluding ortho intramolecular Hbond substituents is 1. The molecule has 104 valence electrons. The Kier molecular flexibility index (Phi) is 6.01. The molecule has 0 aromatic heterocycles. The minimum Gasteiger partial charge on any atom is -0.508 e. The van der Waals surface area contributed by atoms with Crippen LogP contribution in [-0.2, 0) is 9.53 Å². The van der Waals surface area contributed by atoms with E-state index >= 15 is 0 Å². The standard InChI is InChI=1S/C13H15BrO5/c1-2-19-11(5-6-12(16)17)13(18)9-7-8(14)3-4-10(9)15/h3-7,11,13,15,18H,2H2,1H3,(H,16,17)/b6-5+/t11-,13-/m1/s1. The number of benzene rings is 1. The Morgan fingerprint density at radius 1 is 1.53 bits per heavy atom. The lowest BCUT2D eigenvalue weighted by Gasteiger charge is -2.21. The lowest BCUT2D eigenvalue weighted by molar-refractivity contribution is -0.131. The molecule has 0 heterocycles. The first-order valence-corrected chi connectivity index (χ1v) is 6.44. The third kappa shape index (κ3) is 4.66. The van der Waals surface area contributed by atoms with Gasteiger partial charge in [0.2, 0.25) is 0 Å². The summed E-state index contributed by atoms with van der Waals surface area (Å²) in [4.78, 5) is 10.5. The molecule has 1 aromatic carbocycles. The molecule has 19 heavy (non-hydrogen) atoms. The van der Waals surface area contributed by atoms with Crippen LogP contribution in [0.5, 0.6) is 5.75 Å². The van der Waals surface area contributed by atoms with Crippen LogP contribution in [0.15, 0.2) is 34.8 Å². The molecule has 0 saturated heterocycles. The summed E-state index contributed by atoms with van der Waals surface area (Å²) in [6.45, 7) is 2.04. The predicted molar refractivity (Wildman–Crippen MR) is 73.0 cm³/mol. The van der Waals surface area contributed by atoms with Crippen LogP contribution in [0.4, 0.5) is 0 Å². The van der Waals surface area contributed by atoms with Gasteiger partial charge in [-0.25, -0.2) is 4.79 Å². The zero-order valence-corrected chi connectivity index (χ0v) is 11.9. The van der Waals surface area contributed by atoms with Crippen molar-refractivity contribution >= 4 is 21.9 Å². The summed E-state index contributed by atoms with van der Waals surface area (Å²) in [7, 11) is 0. The van der Waals surface area contributed by atoms with Crippen molar-refractivity contribution in [3.63, 3.8) is 0 Å². The number of aliphatic hydroxyl groups excluding tert-OH is 1. The largest absolute Gasteiger partial charge is 0.508 e. The fraction of sp³-hybridized carbons (Fsp3) is 0.308. The molecule has 0 fully saturated rings. The van der Waals surface area contributed by atoms with Crippen LogP contribution in [0, 0.1) is 0 Å². The van der Waals surface area contributed by atoms with E-state index in [0.717, 1.165) is 6.08 Å². The molecule has 0 bridgehead atoms. The number of phenols is 1. The number of aliphatic carboxylic acids is 1. The summed E-state index contributed by atoms with van der Waals surface area (Å²) in [6.07, 6.45) is 0.143. The summed E-state index contributed by atoms with van der Waals surface area (Å²) < 4.78 is 5.97. The monoisotopic (exact) mass is 330 g/mol. The predicted octanol–water partition coefficient (Wildman–Crippen LogP) is 2.23. The lowest BCUT2D eigenvalue weighted by atomic mass is 10.0. The number of hydrogen-bond acceptors (Lipinski definition) is 4. The lowest BCUT2D eigenvalue weighted by Crippen LogP contribution is -2.20. The molecule has 3 N–H and O–H groups in total. The summed E-state index contributed by atoms with van der Waals surface area (Å²) >= 11 is 3.24. The second kappa shape index (κ2) is 7.28. The highest BCUT2D eigenvalue weighted by molar-refractivity contribution is 9.10. The van der Waals surface area contributed by atoms with E-state index in [4.69, 9.17) is 9.84 Å². The molecule has 1 aromatic rings. The first-order valence-electron chi connectivity index (χ1n) is 5.65. The van der Waals surface area contributed by atoms with Gasteiger partial charge >= 0.3 is 5.97 Å². The first-order chi connectivity index (χ1) is 8.95. The van der Waals surface area contributed by atoms with Crippen molar-refractivity contribution in [3.8, 4) is 5.75 Å². The van der Waals surface area contributed by atoms with Crippen molar-refractivity contribution in [2.24, 2.45) is 0 Å². The molecule has 0 aliphatic carbocycles. The first kappa shape index (κ1) is 15.7. The Labute approximate surface area is 119 Å². The Balaban J connectivity index is 3.01. The Bertz CT molecular complexity index is 472. The molecule has 0 radical (unpaired) electrons. The van der Waals surface area contributed by atoms with Crippen molar-refractivity contribution in [1.82, 2.24) is 0 Å². The van der Waals surface area contributed by atoms with E-state index in [1.807, 2.05) is 0 Å². The Hall–Kier alpha value is -1.37. The maximum absolute atomic E-state index is 10.5. The second-order valence-electron chi connectivity index (χ2n) is 3.77. The highest BCUT2D eigenvalue weighted by Crippen LogP contribution is 2.30. The quantitative estimate of drug-likeness (QED) is 0.696. The third-order valence-electron chi connectivity index (χ3n) is 2.41. The third-order valence-corrected chi connectivity index (χ3v) is 2.90. The Morgan fingerprint density at radius 2 is 2.21 bits per heavy atom. The smallest absolute Gasteiger partial charge is 0.328 e. The fourth-order valence-electron chi connectivity index (χ4n) is 1.56. The van der Waals surface area contributed by atoms with Crippen LogP contribution < -0.4 is 0 Å². The van der Waals surface area contributed by atoms with Gasteiger partial charge in [-0.1, -0.05) is 15.9 Å². The number of carboxylic acids is 1. The summed E-state index contributed by atoms with van der Waals surface area (Å²) in [5.74, 6) is -1.21. The van der Waals surface area contributed by atoms with Crippen molar-refractivity contribution in [2.75, 3.05) is 6.61 Å². The van der Waals surface area contributed by atoms with E-state index in [-0.39, 0.29) is 11.3 Å². The zero-order valence-electron chi connectivity index (χ0n) is 10.3. The van der Waals surface area contributed by atoms with Gasteiger partial charge in [-0.05, 0) is 31.2 Å². The zero-order chi connectivity index (χ0) is 14.4. The van der Waals surface area contributed by atoms with Crippen molar-refractivity contribution in [3.05, 3.63) is 40.4 Å². The maximum atomic E-state index is 10.5. The topological polar surface area (TPSA) is 87.0 Å². The average Bonchev–Trinajstić information content (AvgIpc) is 2.36. The van der Waals surface area contributed by atoms with Gasteiger partial charge in [0.1, 0.15) is 18.0 Å². The fourth-order valence-corrected chi connectivity index (χ4v) is 1.94. The SMILES string of the molecule is CCO[C@H](/C=C/C(=O)O)[C@H](O)c1cc(Br)ccc1O. The molecule has 0 aliphatic rings. The minimum absolute atomic E-state index is 0.0795. The normalized spacial score (nSPS) is 14.5. The van der Waals surface area contributed by atoms with Gasteiger partial charge in [0, 0.05) is 22.7 Å². The summed E-state index contributed by atoms with van der Waals surface area (Å²) in [6, 6.07) is 4.63. The van der Waals surface area contributed by atoms with E-state index in [1.54, 1.807) is 19.1 Å². The molecule has 0 unspecified atom stereocenters. The van der Waals surface area contributed by atoms with Gasteiger partial charge in [-0.15, -0.1) is 0 Å². The molecular formula is C13H15BrO5. The molecular weight excluding hydrogens is 316 g/mol. The number of hydrogen-bond donors (Lipinski definition) is 3. The van der Waals surface area contributed by atoms with Gasteiger partial charge in [-0.3, -0.25) is 0 Å². The Morgan fingerprint density at radius 3 is 2.79 bits per heavy atom. The van der Waals surface area contributed by atoms with Gasteiger partial charge in [0.15, 0.2) is 0 Å². The van der Waals surface area contributed by atoms with Crippen LogP contribution in [0.1, 0.15) is 18.6 Å². The van der Waals surface area contributed by atoms with E-state index in [0.29, 0.717) is 11.1 Å². The highest BCUT2D eigenvalue weighted by atomic mass is 79.9. The summed E-state index contributed by atoms with van der Waals surface area (Å²) in [5, 5.41) is 28.5. The van der Waals surface area contributed by atoms with Crippen LogP contribution >= 0.6 is 15.9 Å². The molecule has 0 aliphatic heterocycles. The number of carbonyl (C=O) groups is 1. The summed E-state index contributed by atoms with van der Waals surface area (Å²) in [5.41, 5.74) is 0.267. The minimum atomic E-state index is -1.16. The van der Waals surface area contributed by atoms with Gasteiger partial charge in [-0.2, -0.15) is 0 Å². The van der Waals surface area contributed by atoms with Crippen molar-refractivity contribution in [2.45, 2.75) is 19.1 Å². The van der Waals surface area contributed by atoms with Gasteiger partial charge < -0.3 is 20.1 Å². The van der Waals surface area contributed by atoms with E-state index in [2.05, 4.69) is 15.9 Å². The molecule has 6 heteroatoms. The van der Waals surface area contributed by atoms with Crippen LogP contribution in [-0.4, -0.2) is 34.0 Å². The van der Waals surface area contributed by atoms with E-state index in [9.17, 15) is 15.0 Å². The number of aliphatic hydroxyl groups is 1. The van der Waals surface area contributed by atoms with E-state index in [1.165, 1.54) is 12.1 Å². The number of halogens is 1. The van der Waals surface area contributed by atoms with Crippen LogP contribution in [0.3, 0.4) is 0 Å². The number of carboxylic acid groups (broad SMARTS) is 1. The molecule has 5 nitrogen and oxygen atoms in total. The molecule has 0 spiro atoms. The second-order valence-corrected chi connectivity index (χ2v) is 4.68. The van der Waals surface area contributed by atoms with Crippen LogP contribution in [0.2, 0.25) is 0 Å². The number of rotatable bonds is 6.